The highest BCUT2D eigenvalue weighted by Crippen LogP contribution is 2.39. The second-order valence-corrected chi connectivity index (χ2v) is 5.63. The Hall–Kier alpha value is -1.84. The molecule has 4 heteroatoms. The third-order valence-electron chi connectivity index (χ3n) is 4.23. The molecule has 114 valence electrons. The van der Waals surface area contributed by atoms with Gasteiger partial charge in [-0.05, 0) is 42.4 Å². The normalized spacial score (nSPS) is 15.4. The Labute approximate surface area is 125 Å². The first kappa shape index (κ1) is 15.5. The van der Waals surface area contributed by atoms with Crippen molar-refractivity contribution < 1.29 is 19.1 Å². The van der Waals surface area contributed by atoms with E-state index in [2.05, 4.69) is 19.1 Å². The van der Waals surface area contributed by atoms with Gasteiger partial charge >= 0.3 is 11.9 Å². The molecule has 1 aliphatic carbocycles. The number of aryl methyl sites for hydroxylation is 1. The number of rotatable bonds is 5. The van der Waals surface area contributed by atoms with Gasteiger partial charge in [-0.3, -0.25) is 9.59 Å². The van der Waals surface area contributed by atoms with Crippen molar-refractivity contribution in [2.45, 2.75) is 39.0 Å². The number of carbonyl (C=O) groups is 2. The summed E-state index contributed by atoms with van der Waals surface area (Å²) in [7, 11) is 2.62. The lowest BCUT2D eigenvalue weighted by molar-refractivity contribution is -0.168. The molecule has 0 fully saturated rings. The molecule has 0 heterocycles. The van der Waals surface area contributed by atoms with E-state index in [0.717, 1.165) is 30.4 Å². The zero-order valence-corrected chi connectivity index (χ0v) is 12.9. The first-order valence-electron chi connectivity index (χ1n) is 7.35. The van der Waals surface area contributed by atoms with Crippen LogP contribution in [0.4, 0.5) is 0 Å². The summed E-state index contributed by atoms with van der Waals surface area (Å²) in [6.45, 7) is 2.16. The molecule has 0 N–H and O–H groups in total. The number of carbonyl (C=O) groups excluding carboxylic acids is 2. The minimum absolute atomic E-state index is 0.357. The average molecular weight is 290 g/mol. The number of hydrogen-bond acceptors (Lipinski definition) is 4. The summed E-state index contributed by atoms with van der Waals surface area (Å²) in [5.41, 5.74) is 2.13. The molecule has 21 heavy (non-hydrogen) atoms. The van der Waals surface area contributed by atoms with Gasteiger partial charge in [0.2, 0.25) is 0 Å². The Morgan fingerprint density at radius 3 is 2.29 bits per heavy atom. The van der Waals surface area contributed by atoms with Crippen LogP contribution in [0.1, 0.15) is 36.5 Å². The first-order chi connectivity index (χ1) is 10.1. The Balaban J connectivity index is 2.30. The maximum atomic E-state index is 12.1. The molecule has 4 nitrogen and oxygen atoms in total. The van der Waals surface area contributed by atoms with Gasteiger partial charge in [0.25, 0.3) is 0 Å². The molecule has 2 rings (SSSR count). The van der Waals surface area contributed by atoms with Crippen molar-refractivity contribution in [3.8, 4) is 0 Å². The van der Waals surface area contributed by atoms with Crippen LogP contribution in [-0.2, 0) is 38.3 Å². The van der Waals surface area contributed by atoms with Crippen molar-refractivity contribution in [2.75, 3.05) is 14.2 Å². The van der Waals surface area contributed by atoms with Crippen LogP contribution in [0.2, 0.25) is 0 Å². The smallest absolute Gasteiger partial charge is 0.323 e. The van der Waals surface area contributed by atoms with Crippen LogP contribution < -0.4 is 0 Å². The molecule has 0 saturated carbocycles. The van der Waals surface area contributed by atoms with Crippen molar-refractivity contribution >= 4 is 11.9 Å². The lowest BCUT2D eigenvalue weighted by Gasteiger charge is -2.22. The number of methoxy groups -OCH3 is 2. The third kappa shape index (κ3) is 2.80. The Morgan fingerprint density at radius 1 is 1.10 bits per heavy atom. The number of ether oxygens (including phenoxy) is 2. The zero-order valence-electron chi connectivity index (χ0n) is 12.9. The van der Waals surface area contributed by atoms with E-state index in [1.807, 2.05) is 6.07 Å². The fourth-order valence-corrected chi connectivity index (χ4v) is 3.03. The van der Waals surface area contributed by atoms with Gasteiger partial charge in [0.1, 0.15) is 0 Å². The van der Waals surface area contributed by atoms with E-state index >= 15 is 0 Å². The van der Waals surface area contributed by atoms with Crippen LogP contribution in [0.3, 0.4) is 0 Å². The van der Waals surface area contributed by atoms with Gasteiger partial charge in [-0.1, -0.05) is 31.5 Å². The number of benzene rings is 1. The molecular weight excluding hydrogens is 268 g/mol. The highest BCUT2D eigenvalue weighted by molar-refractivity contribution is 6.01. The summed E-state index contributed by atoms with van der Waals surface area (Å²) in [5.74, 6) is -1.03. The van der Waals surface area contributed by atoms with E-state index in [0.29, 0.717) is 12.8 Å². The van der Waals surface area contributed by atoms with E-state index in [1.54, 1.807) is 0 Å². The zero-order chi connectivity index (χ0) is 15.5. The van der Waals surface area contributed by atoms with Crippen molar-refractivity contribution in [1.82, 2.24) is 0 Å². The van der Waals surface area contributed by atoms with Crippen LogP contribution in [0.25, 0.3) is 0 Å². The lowest BCUT2D eigenvalue weighted by Crippen LogP contribution is -2.42. The molecule has 0 saturated heterocycles. The van der Waals surface area contributed by atoms with Crippen molar-refractivity contribution in [1.29, 1.82) is 0 Å². The molecule has 0 bridgehead atoms. The van der Waals surface area contributed by atoms with Crippen LogP contribution >= 0.6 is 0 Å². The van der Waals surface area contributed by atoms with Gasteiger partial charge in [-0.15, -0.1) is 0 Å². The fraction of sp³-hybridized carbons (Fsp3) is 0.529. The summed E-state index contributed by atoms with van der Waals surface area (Å²) in [5, 5.41) is 0. The first-order valence-corrected chi connectivity index (χ1v) is 7.35. The van der Waals surface area contributed by atoms with Crippen LogP contribution in [0.5, 0.6) is 0 Å². The number of unbranched alkanes of at least 4 members (excludes halogenated alkanes) is 1. The molecule has 1 aromatic carbocycles. The highest BCUT2D eigenvalue weighted by Gasteiger charge is 2.52. The summed E-state index contributed by atoms with van der Waals surface area (Å²) >= 11 is 0. The second-order valence-electron chi connectivity index (χ2n) is 5.63. The maximum Gasteiger partial charge on any atom is 0.323 e. The molecule has 0 aromatic heterocycles. The van der Waals surface area contributed by atoms with Gasteiger partial charge in [-0.25, -0.2) is 0 Å². The number of esters is 2. The van der Waals surface area contributed by atoms with Crippen LogP contribution in [0.15, 0.2) is 18.2 Å². The van der Waals surface area contributed by atoms with E-state index in [1.165, 1.54) is 19.8 Å². The summed E-state index contributed by atoms with van der Waals surface area (Å²) < 4.78 is 9.69. The predicted molar refractivity (Wildman–Crippen MR) is 78.9 cm³/mol. The standard InChI is InChI=1S/C17H22O4/c1-4-5-6-12-7-8-13-10-17(15(18)20-2,16(19)21-3)11-14(13)9-12/h7-9H,4-6,10-11H2,1-3H3. The molecule has 0 aliphatic heterocycles. The van der Waals surface area contributed by atoms with Gasteiger partial charge in [-0.2, -0.15) is 0 Å². The molecule has 0 amide bonds. The monoisotopic (exact) mass is 290 g/mol. The minimum Gasteiger partial charge on any atom is -0.468 e. The molecule has 0 spiro atoms. The third-order valence-corrected chi connectivity index (χ3v) is 4.23. The van der Waals surface area contributed by atoms with Crippen molar-refractivity contribution in [3.63, 3.8) is 0 Å². The molecule has 0 unspecified atom stereocenters. The fourth-order valence-electron chi connectivity index (χ4n) is 3.03. The van der Waals surface area contributed by atoms with E-state index in [9.17, 15) is 9.59 Å². The molecule has 0 radical (unpaired) electrons. The topological polar surface area (TPSA) is 52.6 Å². The summed E-state index contributed by atoms with van der Waals surface area (Å²) in [6.07, 6.45) is 4.02. The van der Waals surface area contributed by atoms with Crippen molar-refractivity contribution in [2.24, 2.45) is 5.41 Å². The predicted octanol–water partition coefficient (Wildman–Crippen LogP) is 2.46. The minimum atomic E-state index is -1.21. The molecule has 1 aliphatic rings. The Kier molecular flexibility index (Phi) is 4.66. The van der Waals surface area contributed by atoms with Gasteiger partial charge in [0, 0.05) is 0 Å². The largest absolute Gasteiger partial charge is 0.468 e. The number of fused-ring (bicyclic) bond motifs is 1. The van der Waals surface area contributed by atoms with Gasteiger partial charge in [0.05, 0.1) is 14.2 Å². The van der Waals surface area contributed by atoms with Crippen molar-refractivity contribution in [3.05, 3.63) is 34.9 Å². The summed E-state index contributed by atoms with van der Waals surface area (Å²) in [6, 6.07) is 6.21. The maximum absolute atomic E-state index is 12.1. The second kappa shape index (κ2) is 6.29. The van der Waals surface area contributed by atoms with Gasteiger partial charge in [0.15, 0.2) is 5.41 Å². The van der Waals surface area contributed by atoms with E-state index in [-0.39, 0.29) is 0 Å². The van der Waals surface area contributed by atoms with Crippen LogP contribution in [-0.4, -0.2) is 26.2 Å². The molecule has 1 aromatic rings. The van der Waals surface area contributed by atoms with Crippen LogP contribution in [0, 0.1) is 5.41 Å². The molecule has 0 atom stereocenters. The highest BCUT2D eigenvalue weighted by atomic mass is 16.5. The SMILES string of the molecule is CCCCc1ccc2c(c1)CC(C(=O)OC)(C(=O)OC)C2. The van der Waals surface area contributed by atoms with E-state index in [4.69, 9.17) is 9.47 Å². The quantitative estimate of drug-likeness (QED) is 0.617. The number of hydrogen-bond donors (Lipinski definition) is 0. The Morgan fingerprint density at radius 2 is 1.71 bits per heavy atom. The average Bonchev–Trinajstić information content (AvgIpc) is 2.91. The van der Waals surface area contributed by atoms with E-state index < -0.39 is 17.4 Å². The Bertz CT molecular complexity index is 532. The molecular formula is C17H22O4. The summed E-state index contributed by atoms with van der Waals surface area (Å²) in [4.78, 5) is 24.3. The van der Waals surface area contributed by atoms with Gasteiger partial charge < -0.3 is 9.47 Å². The lowest BCUT2D eigenvalue weighted by atomic mass is 9.85.